The minimum atomic E-state index is 0.642. The third-order valence-electron chi connectivity index (χ3n) is 2.39. The monoisotopic (exact) mass is 220 g/mol. The van der Waals surface area contributed by atoms with Crippen LogP contribution in [0.1, 0.15) is 24.3 Å². The lowest BCUT2D eigenvalue weighted by Crippen LogP contribution is -2.15. The molecule has 5 heteroatoms. The van der Waals surface area contributed by atoms with Crippen molar-refractivity contribution in [2.45, 2.75) is 33.5 Å². The van der Waals surface area contributed by atoms with Crippen molar-refractivity contribution >= 4 is 0 Å². The van der Waals surface area contributed by atoms with Crippen molar-refractivity contribution in [3.63, 3.8) is 0 Å². The van der Waals surface area contributed by atoms with Crippen LogP contribution < -0.4 is 5.32 Å². The van der Waals surface area contributed by atoms with Crippen molar-refractivity contribution in [1.82, 2.24) is 19.9 Å². The summed E-state index contributed by atoms with van der Waals surface area (Å²) in [5, 5.41) is 3.28. The van der Waals surface area contributed by atoms with Gasteiger partial charge >= 0.3 is 0 Å². The number of hydrogen-bond donors (Lipinski definition) is 1. The molecule has 0 amide bonds. The Balaban J connectivity index is 1.84. The first kappa shape index (κ1) is 10.9. The molecule has 86 valence electrons. The van der Waals surface area contributed by atoms with Crippen LogP contribution in [0.3, 0.4) is 0 Å². The Bertz CT molecular complexity index is 446. The van der Waals surface area contributed by atoms with Gasteiger partial charge in [-0.05, 0) is 13.8 Å². The summed E-state index contributed by atoms with van der Waals surface area (Å²) in [5.41, 5.74) is 1.17. The fraction of sp³-hybridized carbons (Fsp3) is 0.455. The average Bonchev–Trinajstić information content (AvgIpc) is 2.87. The largest absolute Gasteiger partial charge is 0.445 e. The number of nitrogens with one attached hydrogen (secondary N) is 1. The topological polar surface area (TPSA) is 55.9 Å². The first-order valence-corrected chi connectivity index (χ1v) is 5.40. The summed E-state index contributed by atoms with van der Waals surface area (Å²) in [5.74, 6) is 1.57. The molecule has 0 spiro atoms. The Morgan fingerprint density at radius 2 is 2.25 bits per heavy atom. The molecule has 0 radical (unpaired) electrons. The molecule has 0 aliphatic rings. The van der Waals surface area contributed by atoms with Gasteiger partial charge in [0.05, 0.1) is 24.8 Å². The molecule has 1 N–H and O–H groups in total. The third kappa shape index (κ3) is 2.49. The maximum Gasteiger partial charge on any atom is 0.208 e. The van der Waals surface area contributed by atoms with E-state index in [2.05, 4.69) is 26.8 Å². The Kier molecular flexibility index (Phi) is 3.36. The maximum atomic E-state index is 5.36. The highest BCUT2D eigenvalue weighted by atomic mass is 16.4. The molecule has 2 heterocycles. The van der Waals surface area contributed by atoms with Crippen molar-refractivity contribution in [3.8, 4) is 0 Å². The van der Waals surface area contributed by atoms with Crippen molar-refractivity contribution in [2.75, 3.05) is 0 Å². The van der Waals surface area contributed by atoms with E-state index in [4.69, 9.17) is 4.42 Å². The predicted octanol–water partition coefficient (Wildman–Crippen LogP) is 1.49. The van der Waals surface area contributed by atoms with Crippen LogP contribution >= 0.6 is 0 Å². The molecule has 0 unspecified atom stereocenters. The SMILES string of the molecule is CCn1cncc1CNCc1ncc(C)o1. The first-order chi connectivity index (χ1) is 7.79. The third-order valence-corrected chi connectivity index (χ3v) is 2.39. The molecule has 2 aromatic heterocycles. The standard InChI is InChI=1S/C11H16N4O/c1-3-15-8-13-6-10(15)5-12-7-11-14-4-9(2)16-11/h4,6,8,12H,3,5,7H2,1-2H3. The van der Waals surface area contributed by atoms with E-state index in [0.717, 1.165) is 24.7 Å². The molecule has 0 aliphatic heterocycles. The average molecular weight is 220 g/mol. The second-order valence-corrected chi connectivity index (χ2v) is 3.64. The lowest BCUT2D eigenvalue weighted by atomic mass is 10.4. The van der Waals surface area contributed by atoms with Gasteiger partial charge in [-0.15, -0.1) is 0 Å². The highest BCUT2D eigenvalue weighted by Gasteiger charge is 2.02. The van der Waals surface area contributed by atoms with E-state index in [-0.39, 0.29) is 0 Å². The number of imidazole rings is 1. The quantitative estimate of drug-likeness (QED) is 0.829. The van der Waals surface area contributed by atoms with E-state index in [9.17, 15) is 0 Å². The van der Waals surface area contributed by atoms with Crippen LogP contribution in [0.2, 0.25) is 0 Å². The van der Waals surface area contributed by atoms with Crippen molar-refractivity contribution in [3.05, 3.63) is 36.1 Å². The lowest BCUT2D eigenvalue weighted by Gasteiger charge is -2.05. The van der Waals surface area contributed by atoms with Gasteiger partial charge in [-0.2, -0.15) is 0 Å². The second kappa shape index (κ2) is 4.94. The van der Waals surface area contributed by atoms with Gasteiger partial charge in [0.2, 0.25) is 5.89 Å². The van der Waals surface area contributed by atoms with Gasteiger partial charge in [0.1, 0.15) is 5.76 Å². The Morgan fingerprint density at radius 3 is 2.94 bits per heavy atom. The van der Waals surface area contributed by atoms with Gasteiger partial charge in [0.15, 0.2) is 0 Å². The zero-order valence-corrected chi connectivity index (χ0v) is 9.60. The molecule has 0 saturated carbocycles. The summed E-state index contributed by atoms with van der Waals surface area (Å²) < 4.78 is 7.47. The fourth-order valence-corrected chi connectivity index (χ4v) is 1.56. The molecule has 0 atom stereocenters. The molecule has 2 rings (SSSR count). The number of aryl methyl sites for hydroxylation is 2. The maximum absolute atomic E-state index is 5.36. The summed E-state index contributed by atoms with van der Waals surface area (Å²) in [4.78, 5) is 8.23. The molecule has 0 aromatic carbocycles. The number of nitrogens with zero attached hydrogens (tertiary/aromatic N) is 3. The molecule has 0 bridgehead atoms. The van der Waals surface area contributed by atoms with Crippen LogP contribution in [0.5, 0.6) is 0 Å². The van der Waals surface area contributed by atoms with E-state index in [1.807, 2.05) is 19.4 Å². The Morgan fingerprint density at radius 1 is 1.38 bits per heavy atom. The molecule has 0 saturated heterocycles. The van der Waals surface area contributed by atoms with Crippen LogP contribution in [-0.2, 0) is 19.6 Å². The van der Waals surface area contributed by atoms with Gasteiger partial charge in [0.25, 0.3) is 0 Å². The zero-order valence-electron chi connectivity index (χ0n) is 9.60. The fourth-order valence-electron chi connectivity index (χ4n) is 1.56. The molecule has 0 fully saturated rings. The number of aromatic nitrogens is 3. The summed E-state index contributed by atoms with van der Waals surface area (Å²) in [7, 11) is 0. The van der Waals surface area contributed by atoms with Gasteiger partial charge in [-0.25, -0.2) is 9.97 Å². The van der Waals surface area contributed by atoms with Crippen molar-refractivity contribution in [1.29, 1.82) is 0 Å². The van der Waals surface area contributed by atoms with Gasteiger partial charge in [-0.1, -0.05) is 0 Å². The highest BCUT2D eigenvalue weighted by molar-refractivity contribution is 4.98. The highest BCUT2D eigenvalue weighted by Crippen LogP contribution is 2.02. The van der Waals surface area contributed by atoms with Crippen molar-refractivity contribution in [2.24, 2.45) is 0 Å². The molecule has 2 aromatic rings. The van der Waals surface area contributed by atoms with E-state index in [0.29, 0.717) is 6.54 Å². The Hall–Kier alpha value is -1.62. The smallest absolute Gasteiger partial charge is 0.208 e. The van der Waals surface area contributed by atoms with Gasteiger partial charge < -0.3 is 14.3 Å². The number of hydrogen-bond acceptors (Lipinski definition) is 4. The molecular weight excluding hydrogens is 204 g/mol. The zero-order chi connectivity index (χ0) is 11.4. The summed E-state index contributed by atoms with van der Waals surface area (Å²) in [6, 6.07) is 0. The lowest BCUT2D eigenvalue weighted by molar-refractivity contribution is 0.446. The van der Waals surface area contributed by atoms with Crippen molar-refractivity contribution < 1.29 is 4.42 Å². The van der Waals surface area contributed by atoms with E-state index in [1.54, 1.807) is 6.20 Å². The first-order valence-electron chi connectivity index (χ1n) is 5.40. The number of rotatable bonds is 5. The molecule has 16 heavy (non-hydrogen) atoms. The van der Waals surface area contributed by atoms with Crippen LogP contribution in [0.4, 0.5) is 0 Å². The number of oxazole rings is 1. The van der Waals surface area contributed by atoms with E-state index in [1.165, 1.54) is 5.69 Å². The van der Waals surface area contributed by atoms with Crippen LogP contribution in [0.25, 0.3) is 0 Å². The second-order valence-electron chi connectivity index (χ2n) is 3.64. The summed E-state index contributed by atoms with van der Waals surface area (Å²) >= 11 is 0. The Labute approximate surface area is 94.5 Å². The predicted molar refractivity (Wildman–Crippen MR) is 59.7 cm³/mol. The van der Waals surface area contributed by atoms with E-state index < -0.39 is 0 Å². The van der Waals surface area contributed by atoms with Crippen LogP contribution in [0, 0.1) is 6.92 Å². The van der Waals surface area contributed by atoms with Gasteiger partial charge in [0, 0.05) is 19.3 Å². The minimum absolute atomic E-state index is 0.642. The molecule has 0 aliphatic carbocycles. The minimum Gasteiger partial charge on any atom is -0.445 e. The molecular formula is C11H16N4O. The van der Waals surface area contributed by atoms with E-state index >= 15 is 0 Å². The van der Waals surface area contributed by atoms with Crippen LogP contribution in [-0.4, -0.2) is 14.5 Å². The van der Waals surface area contributed by atoms with Crippen LogP contribution in [0.15, 0.2) is 23.1 Å². The normalized spacial score (nSPS) is 10.9. The van der Waals surface area contributed by atoms with Gasteiger partial charge in [-0.3, -0.25) is 0 Å². The summed E-state index contributed by atoms with van der Waals surface area (Å²) in [6.45, 7) is 6.35. The molecule has 5 nitrogen and oxygen atoms in total. The summed E-state index contributed by atoms with van der Waals surface area (Å²) in [6.07, 6.45) is 5.44.